The van der Waals surface area contributed by atoms with Crippen molar-refractivity contribution in [2.75, 3.05) is 11.8 Å². The molecule has 4 heteroatoms. The molecule has 0 aliphatic carbocycles. The van der Waals surface area contributed by atoms with E-state index in [1.807, 2.05) is 18.2 Å². The second-order valence-corrected chi connectivity index (χ2v) is 5.89. The van der Waals surface area contributed by atoms with Gasteiger partial charge in [-0.25, -0.2) is 0 Å². The van der Waals surface area contributed by atoms with Crippen molar-refractivity contribution < 1.29 is 0 Å². The highest BCUT2D eigenvalue weighted by Crippen LogP contribution is 2.33. The van der Waals surface area contributed by atoms with Crippen LogP contribution in [-0.2, 0) is 6.42 Å². The first-order valence-electron chi connectivity index (χ1n) is 5.13. The molecular weight excluding hydrogens is 330 g/mol. The van der Waals surface area contributed by atoms with Crippen LogP contribution in [0, 0.1) is 5.41 Å². The Morgan fingerprint density at radius 3 is 2.31 bits per heavy atom. The maximum Gasteiger partial charge on any atom is 0.0449 e. The fraction of sp³-hybridized carbons (Fsp3) is 0.500. The molecule has 0 spiro atoms. The topological polar surface area (TPSA) is 0 Å². The zero-order valence-corrected chi connectivity index (χ0v) is 12.9. The molecule has 16 heavy (non-hydrogen) atoms. The van der Waals surface area contributed by atoms with Gasteiger partial charge in [0, 0.05) is 26.7 Å². The van der Waals surface area contributed by atoms with Crippen LogP contribution >= 0.6 is 50.7 Å². The maximum atomic E-state index is 6.19. The summed E-state index contributed by atoms with van der Waals surface area (Å²) in [7, 11) is 0. The molecule has 0 atom stereocenters. The van der Waals surface area contributed by atoms with Crippen molar-refractivity contribution in [1.29, 1.82) is 0 Å². The van der Waals surface area contributed by atoms with E-state index in [-0.39, 0.29) is 5.41 Å². The Labute approximate surface area is 120 Å². The van der Waals surface area contributed by atoms with E-state index in [4.69, 9.17) is 34.8 Å². The van der Waals surface area contributed by atoms with Crippen LogP contribution in [0.3, 0.4) is 0 Å². The average molecular weight is 345 g/mol. The third-order valence-electron chi connectivity index (χ3n) is 2.90. The third-order valence-corrected chi connectivity index (χ3v) is 4.88. The SMILES string of the molecule is CCC(CCl)(CCl)Cc1ccc(Br)cc1Cl. The summed E-state index contributed by atoms with van der Waals surface area (Å²) in [5.41, 5.74) is 1.05. The lowest BCUT2D eigenvalue weighted by atomic mass is 9.83. The van der Waals surface area contributed by atoms with Crippen LogP contribution in [0.25, 0.3) is 0 Å². The molecule has 0 N–H and O–H groups in total. The minimum Gasteiger partial charge on any atom is -0.126 e. The summed E-state index contributed by atoms with van der Waals surface area (Å²) in [5.74, 6) is 1.11. The highest BCUT2D eigenvalue weighted by atomic mass is 79.9. The van der Waals surface area contributed by atoms with Gasteiger partial charge in [0.25, 0.3) is 0 Å². The summed E-state index contributed by atoms with van der Waals surface area (Å²) in [6, 6.07) is 5.92. The highest BCUT2D eigenvalue weighted by molar-refractivity contribution is 9.10. The average Bonchev–Trinajstić information content (AvgIpc) is 2.29. The number of hydrogen-bond acceptors (Lipinski definition) is 0. The molecule has 0 nitrogen and oxygen atoms in total. The minimum absolute atomic E-state index is 0.0550. The fourth-order valence-electron chi connectivity index (χ4n) is 1.51. The van der Waals surface area contributed by atoms with Crippen molar-refractivity contribution >= 4 is 50.7 Å². The van der Waals surface area contributed by atoms with Gasteiger partial charge in [-0.15, -0.1) is 23.2 Å². The van der Waals surface area contributed by atoms with Crippen LogP contribution in [0.4, 0.5) is 0 Å². The van der Waals surface area contributed by atoms with Gasteiger partial charge < -0.3 is 0 Å². The molecule has 0 saturated carbocycles. The molecule has 0 fully saturated rings. The number of hydrogen-bond donors (Lipinski definition) is 0. The molecule has 0 aliphatic rings. The number of benzene rings is 1. The van der Waals surface area contributed by atoms with Gasteiger partial charge in [0.2, 0.25) is 0 Å². The summed E-state index contributed by atoms with van der Waals surface area (Å²) >= 11 is 21.6. The van der Waals surface area contributed by atoms with Gasteiger partial charge >= 0.3 is 0 Å². The first kappa shape index (κ1) is 14.6. The molecular formula is C12H14BrCl3. The van der Waals surface area contributed by atoms with E-state index in [9.17, 15) is 0 Å². The lowest BCUT2D eigenvalue weighted by molar-refractivity contribution is 0.362. The van der Waals surface area contributed by atoms with Crippen LogP contribution in [0.2, 0.25) is 5.02 Å². The smallest absolute Gasteiger partial charge is 0.0449 e. The predicted molar refractivity (Wildman–Crippen MR) is 77.0 cm³/mol. The minimum atomic E-state index is -0.0550. The van der Waals surface area contributed by atoms with Crippen LogP contribution in [0.1, 0.15) is 18.9 Å². The highest BCUT2D eigenvalue weighted by Gasteiger charge is 2.27. The first-order valence-corrected chi connectivity index (χ1v) is 7.37. The molecule has 90 valence electrons. The molecule has 1 aromatic carbocycles. The molecule has 1 rings (SSSR count). The van der Waals surface area contributed by atoms with Gasteiger partial charge in [0.1, 0.15) is 0 Å². The molecule has 0 unspecified atom stereocenters. The van der Waals surface area contributed by atoms with Crippen molar-refractivity contribution in [3.8, 4) is 0 Å². The Morgan fingerprint density at radius 2 is 1.88 bits per heavy atom. The van der Waals surface area contributed by atoms with E-state index in [0.29, 0.717) is 11.8 Å². The lowest BCUT2D eigenvalue weighted by Crippen LogP contribution is -2.27. The first-order chi connectivity index (χ1) is 7.56. The van der Waals surface area contributed by atoms with Crippen LogP contribution in [0.15, 0.2) is 22.7 Å². The van der Waals surface area contributed by atoms with E-state index in [1.165, 1.54) is 0 Å². The van der Waals surface area contributed by atoms with Crippen LogP contribution in [0.5, 0.6) is 0 Å². The maximum absolute atomic E-state index is 6.19. The zero-order chi connectivity index (χ0) is 12.2. The van der Waals surface area contributed by atoms with Gasteiger partial charge in [-0.3, -0.25) is 0 Å². The molecule has 0 radical (unpaired) electrons. The molecule has 0 bridgehead atoms. The summed E-state index contributed by atoms with van der Waals surface area (Å²) in [6.45, 7) is 2.11. The van der Waals surface area contributed by atoms with E-state index in [1.54, 1.807) is 0 Å². The Hall–Kier alpha value is 0.570. The van der Waals surface area contributed by atoms with E-state index < -0.39 is 0 Å². The second-order valence-electron chi connectivity index (χ2n) is 4.03. The quantitative estimate of drug-likeness (QED) is 0.617. The molecule has 0 aliphatic heterocycles. The number of rotatable bonds is 5. The standard InChI is InChI=1S/C12H14BrCl3/c1-2-12(7-14,8-15)6-9-3-4-10(13)5-11(9)16/h3-5H,2,6-8H2,1H3. The Balaban J connectivity index is 2.93. The summed E-state index contributed by atoms with van der Waals surface area (Å²) in [6.07, 6.45) is 1.77. The fourth-order valence-corrected chi connectivity index (χ4v) is 3.11. The molecule has 1 aromatic rings. The summed E-state index contributed by atoms with van der Waals surface area (Å²) in [4.78, 5) is 0. The summed E-state index contributed by atoms with van der Waals surface area (Å²) < 4.78 is 0.986. The van der Waals surface area contributed by atoms with Crippen molar-refractivity contribution in [2.45, 2.75) is 19.8 Å². The Morgan fingerprint density at radius 1 is 1.25 bits per heavy atom. The largest absolute Gasteiger partial charge is 0.126 e. The van der Waals surface area contributed by atoms with Gasteiger partial charge in [-0.2, -0.15) is 0 Å². The lowest BCUT2D eigenvalue weighted by Gasteiger charge is -2.28. The molecule has 0 aromatic heterocycles. The van der Waals surface area contributed by atoms with Crippen LogP contribution in [-0.4, -0.2) is 11.8 Å². The predicted octanol–water partition coefficient (Wildman–Crippen LogP) is 5.52. The van der Waals surface area contributed by atoms with Crippen molar-refractivity contribution in [2.24, 2.45) is 5.41 Å². The van der Waals surface area contributed by atoms with E-state index >= 15 is 0 Å². The van der Waals surface area contributed by atoms with Gasteiger partial charge in [-0.1, -0.05) is 40.5 Å². The van der Waals surface area contributed by atoms with E-state index in [2.05, 4.69) is 22.9 Å². The second kappa shape index (κ2) is 6.49. The Kier molecular flexibility index (Phi) is 5.93. The molecule has 0 heterocycles. The van der Waals surface area contributed by atoms with Crippen molar-refractivity contribution in [3.63, 3.8) is 0 Å². The van der Waals surface area contributed by atoms with Gasteiger partial charge in [0.05, 0.1) is 0 Å². The van der Waals surface area contributed by atoms with Crippen molar-refractivity contribution in [3.05, 3.63) is 33.3 Å². The van der Waals surface area contributed by atoms with Gasteiger partial charge in [-0.05, 0) is 30.5 Å². The zero-order valence-electron chi connectivity index (χ0n) is 9.07. The normalized spacial score (nSPS) is 11.8. The monoisotopic (exact) mass is 342 g/mol. The Bertz CT molecular complexity index is 340. The molecule has 0 amide bonds. The molecule has 0 saturated heterocycles. The van der Waals surface area contributed by atoms with Crippen molar-refractivity contribution in [1.82, 2.24) is 0 Å². The number of alkyl halides is 2. The number of halogens is 4. The van der Waals surface area contributed by atoms with E-state index in [0.717, 1.165) is 27.9 Å². The summed E-state index contributed by atoms with van der Waals surface area (Å²) in [5, 5.41) is 0.766. The van der Waals surface area contributed by atoms with Crippen LogP contribution < -0.4 is 0 Å². The third kappa shape index (κ3) is 3.53. The van der Waals surface area contributed by atoms with Gasteiger partial charge in [0.15, 0.2) is 0 Å².